The monoisotopic (exact) mass is 472 g/mol. The number of halogens is 2. The molecule has 2 unspecified atom stereocenters. The van der Waals surface area contributed by atoms with Gasteiger partial charge in [0.1, 0.15) is 0 Å². The summed E-state index contributed by atoms with van der Waals surface area (Å²) in [6, 6.07) is 2.95. The van der Waals surface area contributed by atoms with Crippen LogP contribution in [-0.2, 0) is 6.54 Å². The molecule has 0 N–H and O–H groups in total. The smallest absolute Gasteiger partial charge is 0.203 e. The van der Waals surface area contributed by atoms with Crippen molar-refractivity contribution in [2.45, 2.75) is 36.8 Å². The summed E-state index contributed by atoms with van der Waals surface area (Å²) in [4.78, 5) is 4.27. The number of hydrogen-bond acceptors (Lipinski definition) is 5. The zero-order valence-corrected chi connectivity index (χ0v) is 20.2. The lowest BCUT2D eigenvalue weighted by Crippen LogP contribution is -2.63. The molecule has 4 rings (SSSR count). The summed E-state index contributed by atoms with van der Waals surface area (Å²) in [5, 5.41) is 0. The Bertz CT molecular complexity index is 948. The minimum Gasteiger partial charge on any atom is -0.493 e. The number of alkyl halides is 2. The second kappa shape index (κ2) is 10.3. The molecule has 5 nitrogen and oxygen atoms in total. The predicted molar refractivity (Wildman–Crippen MR) is 130 cm³/mol. The van der Waals surface area contributed by atoms with E-state index in [-0.39, 0.29) is 12.8 Å². The molecule has 1 aromatic carbocycles. The molecule has 184 valence electrons. The highest BCUT2D eigenvalue weighted by atomic mass is 19.2. The van der Waals surface area contributed by atoms with Gasteiger partial charge >= 0.3 is 0 Å². The number of allylic oxidation sites excluding steroid dienone is 6. The number of hydrogen-bond donors (Lipinski definition) is 0. The minimum absolute atomic E-state index is 0.181. The maximum atomic E-state index is 16.2. The van der Waals surface area contributed by atoms with E-state index in [4.69, 9.17) is 14.2 Å². The van der Waals surface area contributed by atoms with E-state index in [1.165, 1.54) is 12.2 Å². The van der Waals surface area contributed by atoms with Gasteiger partial charge in [-0.1, -0.05) is 42.5 Å². The Kier molecular flexibility index (Phi) is 7.43. The van der Waals surface area contributed by atoms with Gasteiger partial charge in [-0.3, -0.25) is 9.80 Å². The first-order chi connectivity index (χ1) is 16.4. The van der Waals surface area contributed by atoms with Crippen molar-refractivity contribution in [3.63, 3.8) is 0 Å². The van der Waals surface area contributed by atoms with E-state index >= 15 is 8.78 Å². The van der Waals surface area contributed by atoms with Crippen LogP contribution in [0.2, 0.25) is 0 Å². The fourth-order valence-electron chi connectivity index (χ4n) is 5.34. The average Bonchev–Trinajstić information content (AvgIpc) is 2.85. The van der Waals surface area contributed by atoms with Crippen LogP contribution in [0.1, 0.15) is 18.4 Å². The van der Waals surface area contributed by atoms with Crippen molar-refractivity contribution in [1.82, 2.24) is 9.80 Å². The Morgan fingerprint density at radius 3 is 1.85 bits per heavy atom. The Morgan fingerprint density at radius 1 is 0.794 bits per heavy atom. The molecule has 1 aliphatic heterocycles. The van der Waals surface area contributed by atoms with Crippen LogP contribution in [0, 0.1) is 0 Å². The molecule has 0 spiro atoms. The number of ether oxygens (including phenoxy) is 3. The maximum absolute atomic E-state index is 16.2. The minimum atomic E-state index is -1.76. The summed E-state index contributed by atoms with van der Waals surface area (Å²) in [6.07, 6.45) is 14.1. The van der Waals surface area contributed by atoms with Gasteiger partial charge in [0.2, 0.25) is 5.75 Å². The number of rotatable bonds is 8. The first kappa shape index (κ1) is 24.5. The topological polar surface area (TPSA) is 34.2 Å². The van der Waals surface area contributed by atoms with Crippen LogP contribution in [0.3, 0.4) is 0 Å². The number of benzene rings is 1. The maximum Gasteiger partial charge on any atom is 0.203 e. The second-order valence-electron chi connectivity index (χ2n) is 9.04. The van der Waals surface area contributed by atoms with Crippen LogP contribution < -0.4 is 14.2 Å². The van der Waals surface area contributed by atoms with Gasteiger partial charge in [0.25, 0.3) is 0 Å². The van der Waals surface area contributed by atoms with Crippen molar-refractivity contribution >= 4 is 0 Å². The Balaban J connectivity index is 1.51. The van der Waals surface area contributed by atoms with Crippen LogP contribution in [-0.4, -0.2) is 74.7 Å². The largest absolute Gasteiger partial charge is 0.493 e. The molecule has 2 atom stereocenters. The van der Waals surface area contributed by atoms with E-state index in [1.54, 1.807) is 45.6 Å². The molecule has 1 fully saturated rings. The molecule has 0 saturated carbocycles. The highest BCUT2D eigenvalue weighted by Crippen LogP contribution is 2.43. The SMILES string of the molecule is COc1ccc(CN2CCN(C(C3(F)C=CC=CC3)C3(F)C=CC=CC3)CC2)c(OC)c1OC. The van der Waals surface area contributed by atoms with Crippen LogP contribution in [0.15, 0.2) is 60.7 Å². The van der Waals surface area contributed by atoms with Crippen molar-refractivity contribution in [1.29, 1.82) is 0 Å². The molecule has 0 amide bonds. The summed E-state index contributed by atoms with van der Waals surface area (Å²) >= 11 is 0. The third kappa shape index (κ3) is 4.77. The summed E-state index contributed by atoms with van der Waals surface area (Å²) in [6.45, 7) is 3.19. The third-order valence-corrected chi connectivity index (χ3v) is 6.96. The van der Waals surface area contributed by atoms with Crippen molar-refractivity contribution in [2.75, 3.05) is 47.5 Å². The molecule has 34 heavy (non-hydrogen) atoms. The second-order valence-corrected chi connectivity index (χ2v) is 9.04. The lowest BCUT2D eigenvalue weighted by molar-refractivity contribution is -0.0463. The first-order valence-corrected chi connectivity index (χ1v) is 11.7. The average molecular weight is 473 g/mol. The Labute approximate surface area is 201 Å². The number of nitrogens with zero attached hydrogens (tertiary/aromatic N) is 2. The summed E-state index contributed by atoms with van der Waals surface area (Å²) in [5.74, 6) is 1.82. The lowest BCUT2D eigenvalue weighted by atomic mass is 9.75. The van der Waals surface area contributed by atoms with E-state index in [9.17, 15) is 0 Å². The van der Waals surface area contributed by atoms with Gasteiger partial charge in [0.15, 0.2) is 22.8 Å². The van der Waals surface area contributed by atoms with Crippen molar-refractivity contribution in [3.8, 4) is 17.2 Å². The van der Waals surface area contributed by atoms with Crippen molar-refractivity contribution < 1.29 is 23.0 Å². The molecule has 7 heteroatoms. The normalized spacial score (nSPS) is 28.1. The predicted octanol–water partition coefficient (Wildman–Crippen LogP) is 4.65. The molecule has 1 saturated heterocycles. The molecule has 1 aromatic rings. The van der Waals surface area contributed by atoms with Crippen LogP contribution in [0.4, 0.5) is 8.78 Å². The summed E-state index contributed by atoms with van der Waals surface area (Å²) < 4.78 is 48.9. The van der Waals surface area contributed by atoms with Gasteiger partial charge in [0, 0.05) is 51.1 Å². The van der Waals surface area contributed by atoms with Gasteiger partial charge in [-0.25, -0.2) is 8.78 Å². The standard InChI is InChI=1S/C27H34F2N2O3/c1-32-22-11-10-21(23(33-2)24(22)34-3)20-30-16-18-31(19-17-30)25(26(28)12-6-4-7-13-26)27(29)14-8-5-9-15-27/h4-12,14,25H,13,15-20H2,1-3H3. The summed E-state index contributed by atoms with van der Waals surface area (Å²) in [7, 11) is 4.80. The quantitative estimate of drug-likeness (QED) is 0.550. The highest BCUT2D eigenvalue weighted by molar-refractivity contribution is 5.55. The molecule has 3 aliphatic rings. The third-order valence-electron chi connectivity index (χ3n) is 6.96. The molecule has 2 aliphatic carbocycles. The van der Waals surface area contributed by atoms with E-state index < -0.39 is 17.4 Å². The first-order valence-electron chi connectivity index (χ1n) is 11.7. The molecule has 1 heterocycles. The molecular weight excluding hydrogens is 438 g/mol. The van der Waals surface area contributed by atoms with E-state index in [2.05, 4.69) is 4.90 Å². The Hall–Kier alpha value is -2.64. The van der Waals surface area contributed by atoms with Gasteiger partial charge in [-0.2, -0.15) is 0 Å². The van der Waals surface area contributed by atoms with Gasteiger partial charge in [0.05, 0.1) is 27.4 Å². The van der Waals surface area contributed by atoms with Crippen LogP contribution >= 0.6 is 0 Å². The highest BCUT2D eigenvalue weighted by Gasteiger charge is 2.53. The van der Waals surface area contributed by atoms with E-state index in [0.717, 1.165) is 5.56 Å². The Morgan fingerprint density at radius 2 is 1.38 bits per heavy atom. The van der Waals surface area contributed by atoms with Crippen LogP contribution in [0.25, 0.3) is 0 Å². The van der Waals surface area contributed by atoms with Crippen LogP contribution in [0.5, 0.6) is 17.2 Å². The molecule has 0 aromatic heterocycles. The summed E-state index contributed by atoms with van der Waals surface area (Å²) in [5.41, 5.74) is -2.53. The lowest BCUT2D eigenvalue weighted by Gasteiger charge is -2.49. The number of methoxy groups -OCH3 is 3. The fourth-order valence-corrected chi connectivity index (χ4v) is 5.34. The number of piperazine rings is 1. The van der Waals surface area contributed by atoms with E-state index in [0.29, 0.717) is 50.0 Å². The zero-order chi connectivity index (χ0) is 24.2. The molecule has 0 radical (unpaired) electrons. The van der Waals surface area contributed by atoms with Crippen molar-refractivity contribution in [3.05, 3.63) is 66.3 Å². The molecule has 0 bridgehead atoms. The van der Waals surface area contributed by atoms with Gasteiger partial charge < -0.3 is 14.2 Å². The molecular formula is C27H34F2N2O3. The fraction of sp³-hybridized carbons (Fsp3) is 0.481. The van der Waals surface area contributed by atoms with Gasteiger partial charge in [-0.15, -0.1) is 0 Å². The zero-order valence-electron chi connectivity index (χ0n) is 20.2. The van der Waals surface area contributed by atoms with E-state index in [1.807, 2.05) is 29.2 Å². The van der Waals surface area contributed by atoms with Crippen molar-refractivity contribution in [2.24, 2.45) is 0 Å². The van der Waals surface area contributed by atoms with Gasteiger partial charge in [-0.05, 0) is 18.2 Å².